The minimum atomic E-state index is -3.49. The largest absolute Gasteiger partial charge is 0.353 e. The SMILES string of the molecule is Cc1cc(S(C)(=O)=O)c(COC2CCCCO2)cc1[N+](=O)[O-]. The Hall–Kier alpha value is -1.51. The van der Waals surface area contributed by atoms with Gasteiger partial charge in [-0.25, -0.2) is 8.42 Å². The number of benzene rings is 1. The summed E-state index contributed by atoms with van der Waals surface area (Å²) in [6.45, 7) is 2.09. The third-order valence-corrected chi connectivity index (χ3v) is 4.72. The lowest BCUT2D eigenvalue weighted by Crippen LogP contribution is -2.22. The van der Waals surface area contributed by atoms with Crippen LogP contribution >= 0.6 is 0 Å². The first-order chi connectivity index (χ1) is 10.3. The Labute approximate surface area is 129 Å². The van der Waals surface area contributed by atoms with E-state index in [0.717, 1.165) is 25.5 Å². The molecule has 1 aromatic rings. The van der Waals surface area contributed by atoms with Crippen LogP contribution in [0.15, 0.2) is 17.0 Å². The Morgan fingerprint density at radius 3 is 2.68 bits per heavy atom. The van der Waals surface area contributed by atoms with Gasteiger partial charge in [-0.2, -0.15) is 0 Å². The van der Waals surface area contributed by atoms with Gasteiger partial charge in [-0.05, 0) is 32.3 Å². The summed E-state index contributed by atoms with van der Waals surface area (Å²) in [6, 6.07) is 2.60. The number of sulfone groups is 1. The van der Waals surface area contributed by atoms with Crippen molar-refractivity contribution in [3.63, 3.8) is 0 Å². The van der Waals surface area contributed by atoms with E-state index in [1.54, 1.807) is 0 Å². The van der Waals surface area contributed by atoms with E-state index in [0.29, 0.717) is 12.2 Å². The van der Waals surface area contributed by atoms with Gasteiger partial charge in [0.1, 0.15) is 0 Å². The Kier molecular flexibility index (Phi) is 5.15. The summed E-state index contributed by atoms with van der Waals surface area (Å²) in [6.07, 6.45) is 3.39. The number of hydrogen-bond donors (Lipinski definition) is 0. The fourth-order valence-electron chi connectivity index (χ4n) is 2.39. The number of hydrogen-bond acceptors (Lipinski definition) is 6. The van der Waals surface area contributed by atoms with Gasteiger partial charge in [0, 0.05) is 30.1 Å². The summed E-state index contributed by atoms with van der Waals surface area (Å²) in [5.74, 6) is 0. The van der Waals surface area contributed by atoms with Crippen molar-refractivity contribution < 1.29 is 22.8 Å². The summed E-state index contributed by atoms with van der Waals surface area (Å²) < 4.78 is 34.8. The molecule has 1 aliphatic rings. The fourth-order valence-corrected chi connectivity index (χ4v) is 3.38. The number of rotatable bonds is 5. The second-order valence-electron chi connectivity index (χ2n) is 5.38. The smallest absolute Gasteiger partial charge is 0.272 e. The normalized spacial score (nSPS) is 19.1. The zero-order chi connectivity index (χ0) is 16.3. The van der Waals surface area contributed by atoms with Gasteiger partial charge in [-0.1, -0.05) is 0 Å². The van der Waals surface area contributed by atoms with Crippen LogP contribution in [0.25, 0.3) is 0 Å². The molecule has 1 aromatic carbocycles. The van der Waals surface area contributed by atoms with Crippen molar-refractivity contribution in [1.82, 2.24) is 0 Å². The maximum Gasteiger partial charge on any atom is 0.272 e. The predicted octanol–water partition coefficient (Wildman–Crippen LogP) is 2.35. The van der Waals surface area contributed by atoms with Crippen molar-refractivity contribution in [2.75, 3.05) is 12.9 Å². The summed E-state index contributed by atoms with van der Waals surface area (Å²) in [7, 11) is -3.49. The highest BCUT2D eigenvalue weighted by Crippen LogP contribution is 2.27. The first-order valence-corrected chi connectivity index (χ1v) is 8.89. The lowest BCUT2D eigenvalue weighted by molar-refractivity contribution is -0.385. The first-order valence-electron chi connectivity index (χ1n) is 7.00. The Morgan fingerprint density at radius 1 is 1.41 bits per heavy atom. The van der Waals surface area contributed by atoms with Crippen molar-refractivity contribution in [1.29, 1.82) is 0 Å². The molecule has 1 unspecified atom stereocenters. The molecule has 0 saturated carbocycles. The second-order valence-corrected chi connectivity index (χ2v) is 7.37. The van der Waals surface area contributed by atoms with Crippen molar-refractivity contribution in [2.45, 2.75) is 44.0 Å². The molecule has 1 fully saturated rings. The second kappa shape index (κ2) is 6.72. The number of nitro groups is 1. The molecule has 8 heteroatoms. The third kappa shape index (κ3) is 4.02. The highest BCUT2D eigenvalue weighted by molar-refractivity contribution is 7.90. The fraction of sp³-hybridized carbons (Fsp3) is 0.571. The van der Waals surface area contributed by atoms with Crippen LogP contribution < -0.4 is 0 Å². The molecule has 7 nitrogen and oxygen atoms in total. The molecule has 0 radical (unpaired) electrons. The van der Waals surface area contributed by atoms with Crippen LogP contribution in [0.3, 0.4) is 0 Å². The van der Waals surface area contributed by atoms with E-state index in [1.165, 1.54) is 19.1 Å². The molecule has 122 valence electrons. The average molecular weight is 329 g/mol. The van der Waals surface area contributed by atoms with E-state index in [1.807, 2.05) is 0 Å². The molecular formula is C14H19NO6S. The van der Waals surface area contributed by atoms with Gasteiger partial charge >= 0.3 is 0 Å². The number of aryl methyl sites for hydroxylation is 1. The van der Waals surface area contributed by atoms with Crippen molar-refractivity contribution in [3.05, 3.63) is 33.4 Å². The monoisotopic (exact) mass is 329 g/mol. The summed E-state index contributed by atoms with van der Waals surface area (Å²) >= 11 is 0. The highest BCUT2D eigenvalue weighted by Gasteiger charge is 2.22. The minimum Gasteiger partial charge on any atom is -0.353 e. The van der Waals surface area contributed by atoms with Gasteiger partial charge in [-0.3, -0.25) is 10.1 Å². The van der Waals surface area contributed by atoms with Crippen LogP contribution in [0.2, 0.25) is 0 Å². The van der Waals surface area contributed by atoms with Crippen LogP contribution in [0, 0.1) is 17.0 Å². The lowest BCUT2D eigenvalue weighted by atomic mass is 10.1. The molecule has 1 heterocycles. The van der Waals surface area contributed by atoms with E-state index in [9.17, 15) is 18.5 Å². The van der Waals surface area contributed by atoms with Gasteiger partial charge in [0.2, 0.25) is 0 Å². The van der Waals surface area contributed by atoms with E-state index in [4.69, 9.17) is 9.47 Å². The molecule has 0 aromatic heterocycles. The number of nitro benzene ring substituents is 1. The summed E-state index contributed by atoms with van der Waals surface area (Å²) in [4.78, 5) is 10.6. The standard InChI is InChI=1S/C14H19NO6S/c1-10-7-13(22(2,18)19)11(8-12(10)15(16)17)9-21-14-5-3-4-6-20-14/h7-8,14H,3-6,9H2,1-2H3. The van der Waals surface area contributed by atoms with Gasteiger partial charge in [-0.15, -0.1) is 0 Å². The van der Waals surface area contributed by atoms with E-state index in [2.05, 4.69) is 0 Å². The van der Waals surface area contributed by atoms with E-state index >= 15 is 0 Å². The highest BCUT2D eigenvalue weighted by atomic mass is 32.2. The molecular weight excluding hydrogens is 310 g/mol. The van der Waals surface area contributed by atoms with Crippen molar-refractivity contribution in [3.8, 4) is 0 Å². The summed E-state index contributed by atoms with van der Waals surface area (Å²) in [5.41, 5.74) is 0.479. The van der Waals surface area contributed by atoms with E-state index < -0.39 is 14.8 Å². The molecule has 22 heavy (non-hydrogen) atoms. The molecule has 2 rings (SSSR count). The number of nitrogens with zero attached hydrogens (tertiary/aromatic N) is 1. The summed E-state index contributed by atoms with van der Waals surface area (Å²) in [5, 5.41) is 11.0. The van der Waals surface area contributed by atoms with Crippen molar-refractivity contribution >= 4 is 15.5 Å². The van der Waals surface area contributed by atoms with Crippen LogP contribution in [0.1, 0.15) is 30.4 Å². The zero-order valence-electron chi connectivity index (χ0n) is 12.6. The van der Waals surface area contributed by atoms with E-state index in [-0.39, 0.29) is 29.0 Å². The predicted molar refractivity (Wildman–Crippen MR) is 79.3 cm³/mol. The molecule has 0 N–H and O–H groups in total. The van der Waals surface area contributed by atoms with Crippen LogP contribution in [-0.4, -0.2) is 32.5 Å². The Morgan fingerprint density at radius 2 is 2.14 bits per heavy atom. The lowest BCUT2D eigenvalue weighted by Gasteiger charge is -2.23. The van der Waals surface area contributed by atoms with Crippen LogP contribution in [0.4, 0.5) is 5.69 Å². The number of ether oxygens (including phenoxy) is 2. The van der Waals surface area contributed by atoms with Crippen molar-refractivity contribution in [2.24, 2.45) is 0 Å². The van der Waals surface area contributed by atoms with Gasteiger partial charge < -0.3 is 9.47 Å². The molecule has 0 spiro atoms. The molecule has 1 saturated heterocycles. The quantitative estimate of drug-likeness (QED) is 0.608. The van der Waals surface area contributed by atoms with Crippen LogP contribution in [0.5, 0.6) is 0 Å². The Balaban J connectivity index is 2.30. The molecule has 0 aliphatic carbocycles. The van der Waals surface area contributed by atoms with Crippen LogP contribution in [-0.2, 0) is 25.9 Å². The minimum absolute atomic E-state index is 0.0335. The topological polar surface area (TPSA) is 95.7 Å². The maximum absolute atomic E-state index is 11.9. The Bertz CT molecular complexity index is 664. The third-order valence-electron chi connectivity index (χ3n) is 3.54. The zero-order valence-corrected chi connectivity index (χ0v) is 13.4. The molecule has 0 bridgehead atoms. The van der Waals surface area contributed by atoms with Gasteiger partial charge in [0.25, 0.3) is 5.69 Å². The molecule has 1 aliphatic heterocycles. The van der Waals surface area contributed by atoms with Gasteiger partial charge in [0.15, 0.2) is 16.1 Å². The van der Waals surface area contributed by atoms with Gasteiger partial charge in [0.05, 0.1) is 16.4 Å². The molecule has 0 amide bonds. The average Bonchev–Trinajstić information content (AvgIpc) is 2.45. The molecule has 1 atom stereocenters. The maximum atomic E-state index is 11.9. The first kappa shape index (κ1) is 16.9.